The highest BCUT2D eigenvalue weighted by Crippen LogP contribution is 2.28. The molecule has 0 unspecified atom stereocenters. The molecule has 0 amide bonds. The third kappa shape index (κ3) is 3.49. The summed E-state index contributed by atoms with van der Waals surface area (Å²) in [4.78, 5) is 11.7. The van der Waals surface area contributed by atoms with Crippen LogP contribution in [0.25, 0.3) is 0 Å². The van der Waals surface area contributed by atoms with Crippen LogP contribution in [0.15, 0.2) is 30.3 Å². The zero-order chi connectivity index (χ0) is 12.8. The predicted molar refractivity (Wildman–Crippen MR) is 69.4 cm³/mol. The molecule has 2 atom stereocenters. The Morgan fingerprint density at radius 1 is 1.28 bits per heavy atom. The molecular formula is C15H20O3. The number of para-hydroxylation sites is 1. The van der Waals surface area contributed by atoms with E-state index in [1.165, 1.54) is 0 Å². The minimum Gasteiger partial charge on any atom is -0.490 e. The van der Waals surface area contributed by atoms with Gasteiger partial charge in [-0.05, 0) is 44.7 Å². The van der Waals surface area contributed by atoms with Gasteiger partial charge in [0.1, 0.15) is 5.75 Å². The highest BCUT2D eigenvalue weighted by molar-refractivity contribution is 5.72. The van der Waals surface area contributed by atoms with E-state index in [0.29, 0.717) is 6.61 Å². The summed E-state index contributed by atoms with van der Waals surface area (Å²) in [5.41, 5.74) is 0. The number of benzene rings is 1. The van der Waals surface area contributed by atoms with Crippen LogP contribution in [0.4, 0.5) is 0 Å². The van der Waals surface area contributed by atoms with E-state index in [0.717, 1.165) is 31.4 Å². The van der Waals surface area contributed by atoms with E-state index in [-0.39, 0.29) is 18.0 Å². The fourth-order valence-corrected chi connectivity index (χ4v) is 2.42. The van der Waals surface area contributed by atoms with Crippen LogP contribution < -0.4 is 4.74 Å². The first-order chi connectivity index (χ1) is 8.79. The summed E-state index contributed by atoms with van der Waals surface area (Å²) >= 11 is 0. The van der Waals surface area contributed by atoms with Gasteiger partial charge < -0.3 is 9.47 Å². The zero-order valence-corrected chi connectivity index (χ0v) is 10.8. The summed E-state index contributed by atoms with van der Waals surface area (Å²) in [6.45, 7) is 2.30. The first kappa shape index (κ1) is 12.9. The van der Waals surface area contributed by atoms with Gasteiger partial charge in [-0.2, -0.15) is 0 Å². The van der Waals surface area contributed by atoms with Crippen molar-refractivity contribution in [2.75, 3.05) is 6.61 Å². The van der Waals surface area contributed by atoms with Gasteiger partial charge in [0.25, 0.3) is 0 Å². The molecule has 1 aromatic rings. The first-order valence-corrected chi connectivity index (χ1v) is 6.68. The van der Waals surface area contributed by atoms with E-state index in [1.807, 2.05) is 37.3 Å². The molecule has 18 heavy (non-hydrogen) atoms. The third-order valence-electron chi connectivity index (χ3n) is 3.29. The monoisotopic (exact) mass is 248 g/mol. The van der Waals surface area contributed by atoms with Crippen LogP contribution in [0.5, 0.6) is 5.75 Å². The number of ether oxygens (including phenoxy) is 2. The van der Waals surface area contributed by atoms with E-state index < -0.39 is 0 Å². The minimum absolute atomic E-state index is 0.00686. The Morgan fingerprint density at radius 2 is 2.06 bits per heavy atom. The normalized spacial score (nSPS) is 23.4. The Bertz CT molecular complexity index is 375. The topological polar surface area (TPSA) is 35.5 Å². The number of rotatable bonds is 4. The largest absolute Gasteiger partial charge is 0.490 e. The van der Waals surface area contributed by atoms with Gasteiger partial charge in [-0.3, -0.25) is 4.79 Å². The van der Waals surface area contributed by atoms with Crippen LogP contribution in [-0.4, -0.2) is 18.7 Å². The highest BCUT2D eigenvalue weighted by atomic mass is 16.5. The molecule has 98 valence electrons. The van der Waals surface area contributed by atoms with Crippen molar-refractivity contribution in [2.24, 2.45) is 5.92 Å². The van der Waals surface area contributed by atoms with Crippen LogP contribution in [0, 0.1) is 5.92 Å². The van der Waals surface area contributed by atoms with E-state index in [4.69, 9.17) is 9.47 Å². The minimum atomic E-state index is -0.0705. The van der Waals surface area contributed by atoms with E-state index >= 15 is 0 Å². The van der Waals surface area contributed by atoms with E-state index in [9.17, 15) is 4.79 Å². The average Bonchev–Trinajstić information content (AvgIpc) is 2.40. The Balaban J connectivity index is 1.89. The Hall–Kier alpha value is -1.51. The molecule has 1 aromatic carbocycles. The molecule has 2 rings (SSSR count). The number of carbonyl (C=O) groups excluding carboxylic acids is 1. The van der Waals surface area contributed by atoms with Crippen molar-refractivity contribution in [3.8, 4) is 5.75 Å². The molecule has 1 saturated carbocycles. The van der Waals surface area contributed by atoms with Crippen LogP contribution in [0.2, 0.25) is 0 Å². The van der Waals surface area contributed by atoms with Gasteiger partial charge in [0.2, 0.25) is 0 Å². The Morgan fingerprint density at radius 3 is 2.78 bits per heavy atom. The maximum absolute atomic E-state index is 11.7. The van der Waals surface area contributed by atoms with Crippen LogP contribution in [-0.2, 0) is 9.53 Å². The molecule has 0 radical (unpaired) electrons. The van der Waals surface area contributed by atoms with Crippen molar-refractivity contribution in [1.29, 1.82) is 0 Å². The lowest BCUT2D eigenvalue weighted by molar-refractivity contribution is -0.150. The van der Waals surface area contributed by atoms with E-state index in [1.54, 1.807) is 0 Å². The van der Waals surface area contributed by atoms with Crippen molar-refractivity contribution in [3.63, 3.8) is 0 Å². The lowest BCUT2D eigenvalue weighted by Gasteiger charge is -2.28. The van der Waals surface area contributed by atoms with Gasteiger partial charge in [0.05, 0.1) is 18.6 Å². The van der Waals surface area contributed by atoms with Crippen molar-refractivity contribution in [1.82, 2.24) is 0 Å². The van der Waals surface area contributed by atoms with Crippen LogP contribution in [0.3, 0.4) is 0 Å². The summed E-state index contributed by atoms with van der Waals surface area (Å²) in [7, 11) is 0. The molecule has 1 aliphatic carbocycles. The summed E-state index contributed by atoms with van der Waals surface area (Å²) in [5, 5.41) is 0. The second-order valence-electron chi connectivity index (χ2n) is 4.67. The Labute approximate surface area is 108 Å². The van der Waals surface area contributed by atoms with Gasteiger partial charge in [0.15, 0.2) is 0 Å². The summed E-state index contributed by atoms with van der Waals surface area (Å²) in [6, 6.07) is 9.79. The number of hydrogen-bond donors (Lipinski definition) is 0. The second-order valence-corrected chi connectivity index (χ2v) is 4.67. The molecule has 0 spiro atoms. The van der Waals surface area contributed by atoms with Gasteiger partial charge in [-0.1, -0.05) is 18.2 Å². The quantitative estimate of drug-likeness (QED) is 0.768. The smallest absolute Gasteiger partial charge is 0.309 e. The lowest BCUT2D eigenvalue weighted by atomic mass is 9.87. The zero-order valence-electron chi connectivity index (χ0n) is 10.8. The molecular weight excluding hydrogens is 228 g/mol. The Kier molecular flexibility index (Phi) is 4.62. The molecule has 1 fully saturated rings. The molecule has 1 aliphatic rings. The van der Waals surface area contributed by atoms with Crippen molar-refractivity contribution in [3.05, 3.63) is 30.3 Å². The number of carbonyl (C=O) groups is 1. The van der Waals surface area contributed by atoms with Gasteiger partial charge in [-0.25, -0.2) is 0 Å². The third-order valence-corrected chi connectivity index (χ3v) is 3.29. The molecule has 0 aromatic heterocycles. The predicted octanol–water partition coefficient (Wildman–Crippen LogP) is 3.19. The second kappa shape index (κ2) is 6.43. The van der Waals surface area contributed by atoms with Crippen molar-refractivity contribution < 1.29 is 14.3 Å². The summed E-state index contributed by atoms with van der Waals surface area (Å²) in [5.74, 6) is 0.818. The van der Waals surface area contributed by atoms with Crippen molar-refractivity contribution in [2.45, 2.75) is 38.7 Å². The SMILES string of the molecule is CCOC(=O)[C@H]1CCC[C@H](Oc2ccccc2)C1. The van der Waals surface area contributed by atoms with Crippen molar-refractivity contribution >= 4 is 5.97 Å². The van der Waals surface area contributed by atoms with Crippen LogP contribution >= 0.6 is 0 Å². The molecule has 0 heterocycles. The van der Waals surface area contributed by atoms with Gasteiger partial charge >= 0.3 is 5.97 Å². The maximum atomic E-state index is 11.7. The number of hydrogen-bond acceptors (Lipinski definition) is 3. The first-order valence-electron chi connectivity index (χ1n) is 6.68. The fourth-order valence-electron chi connectivity index (χ4n) is 2.42. The molecule has 3 heteroatoms. The maximum Gasteiger partial charge on any atom is 0.309 e. The van der Waals surface area contributed by atoms with Gasteiger partial charge in [-0.15, -0.1) is 0 Å². The summed E-state index contributed by atoms with van der Waals surface area (Å²) < 4.78 is 11.0. The molecule has 3 nitrogen and oxygen atoms in total. The van der Waals surface area contributed by atoms with Crippen LogP contribution in [0.1, 0.15) is 32.6 Å². The lowest BCUT2D eigenvalue weighted by Crippen LogP contribution is -2.30. The number of esters is 1. The summed E-state index contributed by atoms with van der Waals surface area (Å²) in [6.07, 6.45) is 3.88. The molecule has 0 saturated heterocycles. The van der Waals surface area contributed by atoms with Gasteiger partial charge in [0, 0.05) is 0 Å². The highest BCUT2D eigenvalue weighted by Gasteiger charge is 2.29. The van der Waals surface area contributed by atoms with E-state index in [2.05, 4.69) is 0 Å². The molecule has 0 N–H and O–H groups in total. The molecule has 0 bridgehead atoms. The standard InChI is InChI=1S/C15H20O3/c1-2-17-15(16)12-7-6-10-14(11-12)18-13-8-4-3-5-9-13/h3-5,8-9,12,14H,2,6-7,10-11H2,1H3/t12-,14-/m0/s1. The fraction of sp³-hybridized carbons (Fsp3) is 0.533. The average molecular weight is 248 g/mol. The molecule has 0 aliphatic heterocycles.